The zero-order valence-electron chi connectivity index (χ0n) is 11.9. The van der Waals surface area contributed by atoms with Gasteiger partial charge in [0, 0.05) is 19.2 Å². The van der Waals surface area contributed by atoms with Gasteiger partial charge >= 0.3 is 11.8 Å². The zero-order chi connectivity index (χ0) is 15.4. The van der Waals surface area contributed by atoms with E-state index in [0.29, 0.717) is 17.9 Å². The molecule has 0 saturated heterocycles. The van der Waals surface area contributed by atoms with Gasteiger partial charge in [-0.05, 0) is 18.0 Å². The Bertz CT molecular complexity index is 667. The highest BCUT2D eigenvalue weighted by Gasteiger charge is 2.23. The fourth-order valence-corrected chi connectivity index (χ4v) is 2.05. The molecule has 0 saturated carbocycles. The number of nitro groups is 1. The number of carbonyl (C=O) groups excluding carboxylic acids is 1. The third kappa shape index (κ3) is 3.34. The molecular weight excluding hydrogens is 276 g/mol. The van der Waals surface area contributed by atoms with Gasteiger partial charge in [0.1, 0.15) is 0 Å². The van der Waals surface area contributed by atoms with E-state index >= 15 is 0 Å². The lowest BCUT2D eigenvalue weighted by Gasteiger charge is -2.13. The van der Waals surface area contributed by atoms with Crippen LogP contribution in [0.4, 0.5) is 5.82 Å². The van der Waals surface area contributed by atoms with E-state index in [1.807, 2.05) is 0 Å². The summed E-state index contributed by atoms with van der Waals surface area (Å²) < 4.78 is 6.02. The number of hydrogen-bond donors (Lipinski definition) is 0. The van der Waals surface area contributed by atoms with Crippen LogP contribution in [0.25, 0.3) is 5.65 Å². The highest BCUT2D eigenvalue weighted by atomic mass is 16.6. The quantitative estimate of drug-likeness (QED) is 0.452. The lowest BCUT2D eigenvalue weighted by Crippen LogP contribution is -2.22. The Morgan fingerprint density at radius 3 is 2.95 bits per heavy atom. The minimum absolute atomic E-state index is 0.0458. The molecule has 0 fully saturated rings. The number of aromatic nitrogens is 2. The molecule has 8 nitrogen and oxygen atoms in total. The summed E-state index contributed by atoms with van der Waals surface area (Å²) in [4.78, 5) is 28.0. The molecule has 0 amide bonds. The fraction of sp³-hybridized carbons (Fsp3) is 0.385. The van der Waals surface area contributed by atoms with E-state index in [0.717, 1.165) is 0 Å². The number of imidazole rings is 1. The van der Waals surface area contributed by atoms with Crippen LogP contribution >= 0.6 is 0 Å². The Balaban J connectivity index is 2.19. The van der Waals surface area contributed by atoms with Crippen LogP contribution in [0, 0.1) is 10.1 Å². The van der Waals surface area contributed by atoms with E-state index in [4.69, 9.17) is 0 Å². The van der Waals surface area contributed by atoms with Crippen molar-refractivity contribution in [3.63, 3.8) is 0 Å². The van der Waals surface area contributed by atoms with Gasteiger partial charge in [-0.15, -0.1) is 0 Å². The van der Waals surface area contributed by atoms with Crippen molar-refractivity contribution in [2.45, 2.75) is 13.0 Å². The van der Waals surface area contributed by atoms with Crippen LogP contribution in [0.1, 0.15) is 12.1 Å². The first-order chi connectivity index (χ1) is 10.0. The first-order valence-electron chi connectivity index (χ1n) is 6.38. The zero-order valence-corrected chi connectivity index (χ0v) is 11.9. The summed E-state index contributed by atoms with van der Waals surface area (Å²) in [6.07, 6.45) is 1.84. The Morgan fingerprint density at radius 2 is 2.29 bits per heavy atom. The molecule has 0 radical (unpaired) electrons. The molecule has 0 aromatic carbocycles. The molecule has 21 heavy (non-hydrogen) atoms. The molecule has 2 rings (SSSR count). The van der Waals surface area contributed by atoms with Gasteiger partial charge in [0.25, 0.3) is 0 Å². The Labute approximate surface area is 121 Å². The van der Waals surface area contributed by atoms with E-state index in [1.54, 1.807) is 36.3 Å². The number of rotatable bonds is 6. The summed E-state index contributed by atoms with van der Waals surface area (Å²) in [7, 11) is 3.10. The minimum atomic E-state index is -0.441. The van der Waals surface area contributed by atoms with Crippen LogP contribution < -0.4 is 0 Å². The average Bonchev–Trinajstić information content (AvgIpc) is 2.82. The molecule has 0 aliphatic rings. The van der Waals surface area contributed by atoms with Crippen molar-refractivity contribution in [2.24, 2.45) is 0 Å². The van der Waals surface area contributed by atoms with Crippen LogP contribution in [0.3, 0.4) is 0 Å². The third-order valence-electron chi connectivity index (χ3n) is 3.09. The molecular formula is C13H16N4O4. The van der Waals surface area contributed by atoms with Gasteiger partial charge in [-0.2, -0.15) is 4.40 Å². The molecule has 2 aromatic rings. The molecule has 8 heteroatoms. The standard InChI is InChI=1S/C13H16N4O4/c1-15(8-6-12(18)21-2)9-10-13(17(19)20)16-7-4-3-5-11(16)14-10/h3-5,7H,6,8-9H2,1-2H3. The Kier molecular flexibility index (Phi) is 4.49. The Morgan fingerprint density at radius 1 is 1.52 bits per heavy atom. The monoisotopic (exact) mass is 292 g/mol. The summed E-state index contributed by atoms with van der Waals surface area (Å²) in [5, 5.41) is 11.2. The summed E-state index contributed by atoms with van der Waals surface area (Å²) in [5.74, 6) is -0.359. The molecule has 0 N–H and O–H groups in total. The topological polar surface area (TPSA) is 90.0 Å². The highest BCUT2D eigenvalue weighted by Crippen LogP contribution is 2.21. The van der Waals surface area contributed by atoms with Crippen molar-refractivity contribution in [2.75, 3.05) is 20.7 Å². The Hall–Kier alpha value is -2.48. The van der Waals surface area contributed by atoms with E-state index < -0.39 is 4.92 Å². The summed E-state index contributed by atoms with van der Waals surface area (Å²) in [5.41, 5.74) is 0.902. The molecule has 0 aliphatic heterocycles. The van der Waals surface area contributed by atoms with Gasteiger partial charge in [0.05, 0.1) is 19.7 Å². The number of esters is 1. The fourth-order valence-electron chi connectivity index (χ4n) is 2.05. The van der Waals surface area contributed by atoms with E-state index in [-0.39, 0.29) is 24.8 Å². The lowest BCUT2D eigenvalue weighted by molar-refractivity contribution is -0.391. The van der Waals surface area contributed by atoms with Gasteiger partial charge in [-0.25, -0.2) is 4.98 Å². The van der Waals surface area contributed by atoms with E-state index in [9.17, 15) is 14.9 Å². The van der Waals surface area contributed by atoms with Gasteiger partial charge in [0.2, 0.25) is 5.65 Å². The molecule has 0 spiro atoms. The molecule has 0 unspecified atom stereocenters. The van der Waals surface area contributed by atoms with Crippen LogP contribution in [-0.4, -0.2) is 45.9 Å². The normalized spacial score (nSPS) is 11.0. The van der Waals surface area contributed by atoms with Crippen molar-refractivity contribution in [3.05, 3.63) is 40.2 Å². The number of fused-ring (bicyclic) bond motifs is 1. The van der Waals surface area contributed by atoms with Crippen LogP contribution in [0.2, 0.25) is 0 Å². The molecule has 0 atom stereocenters. The van der Waals surface area contributed by atoms with Crippen LogP contribution in [-0.2, 0) is 16.1 Å². The molecule has 0 bridgehead atoms. The highest BCUT2D eigenvalue weighted by molar-refractivity contribution is 5.69. The lowest BCUT2D eigenvalue weighted by atomic mass is 10.3. The summed E-state index contributed by atoms with van der Waals surface area (Å²) in [6.45, 7) is 0.729. The SMILES string of the molecule is COC(=O)CCN(C)Cc1nc2ccccn2c1[N+](=O)[O-]. The van der Waals surface area contributed by atoms with Crippen molar-refractivity contribution in [3.8, 4) is 0 Å². The number of methoxy groups -OCH3 is 1. The second-order valence-corrected chi connectivity index (χ2v) is 4.63. The smallest absolute Gasteiger partial charge is 0.352 e. The maximum absolute atomic E-state index is 11.2. The molecule has 2 aromatic heterocycles. The number of hydrogen-bond acceptors (Lipinski definition) is 6. The van der Waals surface area contributed by atoms with Crippen LogP contribution in [0.15, 0.2) is 24.4 Å². The summed E-state index contributed by atoms with van der Waals surface area (Å²) in [6, 6.07) is 5.20. The predicted molar refractivity (Wildman–Crippen MR) is 74.8 cm³/mol. The third-order valence-corrected chi connectivity index (χ3v) is 3.09. The minimum Gasteiger partial charge on any atom is -0.469 e. The largest absolute Gasteiger partial charge is 0.469 e. The summed E-state index contributed by atoms with van der Waals surface area (Å²) >= 11 is 0. The number of pyridine rings is 1. The maximum atomic E-state index is 11.2. The second kappa shape index (κ2) is 6.31. The number of carbonyl (C=O) groups is 1. The van der Waals surface area contributed by atoms with Crippen molar-refractivity contribution in [1.29, 1.82) is 0 Å². The van der Waals surface area contributed by atoms with Crippen molar-refractivity contribution in [1.82, 2.24) is 14.3 Å². The predicted octanol–water partition coefficient (Wildman–Crippen LogP) is 1.24. The van der Waals surface area contributed by atoms with Crippen molar-refractivity contribution >= 4 is 17.4 Å². The van der Waals surface area contributed by atoms with Crippen molar-refractivity contribution < 1.29 is 14.5 Å². The molecule has 2 heterocycles. The van der Waals surface area contributed by atoms with Gasteiger partial charge in [0.15, 0.2) is 5.69 Å². The van der Waals surface area contributed by atoms with Crippen LogP contribution in [0.5, 0.6) is 0 Å². The van der Waals surface area contributed by atoms with Gasteiger partial charge < -0.3 is 14.9 Å². The average molecular weight is 292 g/mol. The van der Waals surface area contributed by atoms with E-state index in [2.05, 4.69) is 9.72 Å². The van der Waals surface area contributed by atoms with Gasteiger partial charge in [-0.1, -0.05) is 6.07 Å². The number of ether oxygens (including phenoxy) is 1. The molecule has 112 valence electrons. The molecule has 0 aliphatic carbocycles. The first-order valence-corrected chi connectivity index (χ1v) is 6.38. The second-order valence-electron chi connectivity index (χ2n) is 4.63. The number of nitrogens with zero attached hydrogens (tertiary/aromatic N) is 4. The first kappa shape index (κ1) is 14.9. The van der Waals surface area contributed by atoms with E-state index in [1.165, 1.54) is 11.5 Å². The van der Waals surface area contributed by atoms with Gasteiger partial charge in [-0.3, -0.25) is 9.69 Å². The maximum Gasteiger partial charge on any atom is 0.352 e.